The summed E-state index contributed by atoms with van der Waals surface area (Å²) in [4.78, 5) is 25.2. The van der Waals surface area contributed by atoms with Crippen LogP contribution in [0.2, 0.25) is 5.02 Å². The first-order chi connectivity index (χ1) is 9.21. The second-order valence-electron chi connectivity index (χ2n) is 5.61. The third-order valence-corrected chi connectivity index (χ3v) is 3.13. The van der Waals surface area contributed by atoms with E-state index in [0.717, 1.165) is 0 Å². The first-order valence-corrected chi connectivity index (χ1v) is 6.91. The fraction of sp³-hybridized carbons (Fsp3) is 0.467. The van der Waals surface area contributed by atoms with Crippen molar-refractivity contribution in [1.82, 2.24) is 10.2 Å². The minimum Gasteiger partial charge on any atom is -0.350 e. The summed E-state index contributed by atoms with van der Waals surface area (Å²) >= 11 is 5.84. The molecule has 2 amide bonds. The summed E-state index contributed by atoms with van der Waals surface area (Å²) in [6.45, 7) is 8.31. The fourth-order valence-electron chi connectivity index (χ4n) is 1.98. The van der Waals surface area contributed by atoms with Crippen LogP contribution in [0.15, 0.2) is 24.3 Å². The lowest BCUT2D eigenvalue weighted by Crippen LogP contribution is -2.48. The molecule has 0 unspecified atom stereocenters. The third-order valence-electron chi connectivity index (χ3n) is 2.90. The molecule has 0 aromatic heterocycles. The molecule has 5 heteroatoms. The van der Waals surface area contributed by atoms with Gasteiger partial charge in [-0.1, -0.05) is 17.7 Å². The smallest absolute Gasteiger partial charge is 0.251 e. The highest BCUT2D eigenvalue weighted by Gasteiger charge is 2.23. The van der Waals surface area contributed by atoms with Crippen molar-refractivity contribution in [2.24, 2.45) is 0 Å². The summed E-state index contributed by atoms with van der Waals surface area (Å²) < 4.78 is 0. The zero-order valence-corrected chi connectivity index (χ0v) is 13.1. The first kappa shape index (κ1) is 16.5. The van der Waals surface area contributed by atoms with Gasteiger partial charge < -0.3 is 10.2 Å². The number of hydrogen-bond acceptors (Lipinski definition) is 2. The molecule has 0 fully saturated rings. The zero-order valence-electron chi connectivity index (χ0n) is 12.4. The molecule has 0 radical (unpaired) electrons. The van der Waals surface area contributed by atoms with E-state index in [-0.39, 0.29) is 17.4 Å². The lowest BCUT2D eigenvalue weighted by atomic mass is 10.1. The molecule has 110 valence electrons. The molecule has 0 aliphatic rings. The maximum Gasteiger partial charge on any atom is 0.251 e. The van der Waals surface area contributed by atoms with Crippen molar-refractivity contribution in [2.45, 2.75) is 33.2 Å². The third kappa shape index (κ3) is 4.85. The second-order valence-corrected chi connectivity index (χ2v) is 6.04. The number of amides is 2. The first-order valence-electron chi connectivity index (χ1n) is 6.54. The van der Waals surface area contributed by atoms with Crippen LogP contribution >= 0.6 is 11.6 Å². The van der Waals surface area contributed by atoms with Crippen LogP contribution in [-0.2, 0) is 4.79 Å². The van der Waals surface area contributed by atoms with Crippen LogP contribution in [0, 0.1) is 0 Å². The number of rotatable bonds is 4. The van der Waals surface area contributed by atoms with Crippen LogP contribution in [0.25, 0.3) is 0 Å². The van der Waals surface area contributed by atoms with Gasteiger partial charge in [-0.2, -0.15) is 0 Å². The minimum absolute atomic E-state index is 0.00509. The van der Waals surface area contributed by atoms with Crippen LogP contribution < -0.4 is 5.32 Å². The van der Waals surface area contributed by atoms with Gasteiger partial charge in [-0.3, -0.25) is 9.59 Å². The summed E-state index contributed by atoms with van der Waals surface area (Å²) in [6.07, 6.45) is 0. The van der Waals surface area contributed by atoms with Gasteiger partial charge in [0.05, 0.1) is 0 Å². The Balaban J connectivity index is 2.55. The molecule has 0 saturated heterocycles. The summed E-state index contributed by atoms with van der Waals surface area (Å²) in [5.74, 6) is -0.195. The molecular formula is C15H21ClN2O2. The van der Waals surface area contributed by atoms with Gasteiger partial charge in [0.1, 0.15) is 0 Å². The highest BCUT2D eigenvalue weighted by Crippen LogP contribution is 2.13. The predicted molar refractivity (Wildman–Crippen MR) is 80.9 cm³/mol. The molecule has 0 heterocycles. The van der Waals surface area contributed by atoms with E-state index in [4.69, 9.17) is 11.6 Å². The Bertz CT molecular complexity index is 495. The zero-order chi connectivity index (χ0) is 15.3. The molecule has 0 aliphatic carbocycles. The second kappa shape index (κ2) is 6.75. The summed E-state index contributed by atoms with van der Waals surface area (Å²) in [5, 5.41) is 3.32. The lowest BCUT2D eigenvalue weighted by Gasteiger charge is -2.35. The standard InChI is InChI=1S/C15H21ClN2O2/c1-11(19)18(15(2,3)4)9-8-17-14(20)12-6-5-7-13(16)10-12/h5-7,10H,8-9H2,1-4H3,(H,17,20). The topological polar surface area (TPSA) is 49.4 Å². The predicted octanol–water partition coefficient (Wildman–Crippen LogP) is 2.72. The molecule has 20 heavy (non-hydrogen) atoms. The van der Waals surface area contributed by atoms with Crippen LogP contribution in [-0.4, -0.2) is 35.3 Å². The van der Waals surface area contributed by atoms with E-state index in [0.29, 0.717) is 23.7 Å². The van der Waals surface area contributed by atoms with Crippen molar-refractivity contribution in [3.63, 3.8) is 0 Å². The highest BCUT2D eigenvalue weighted by atomic mass is 35.5. The molecule has 1 aromatic rings. The summed E-state index contributed by atoms with van der Waals surface area (Å²) in [6, 6.07) is 6.76. The molecule has 0 bridgehead atoms. The largest absolute Gasteiger partial charge is 0.350 e. The van der Waals surface area contributed by atoms with Crippen LogP contribution in [0.3, 0.4) is 0 Å². The maximum atomic E-state index is 11.9. The van der Waals surface area contributed by atoms with Crippen LogP contribution in [0.5, 0.6) is 0 Å². The quantitative estimate of drug-likeness (QED) is 0.929. The van der Waals surface area contributed by atoms with Gasteiger partial charge in [0.15, 0.2) is 0 Å². The van der Waals surface area contributed by atoms with Crippen molar-refractivity contribution in [2.75, 3.05) is 13.1 Å². The Morgan fingerprint density at radius 3 is 2.45 bits per heavy atom. The average Bonchev–Trinajstić information content (AvgIpc) is 2.32. The van der Waals surface area contributed by atoms with E-state index in [9.17, 15) is 9.59 Å². The number of benzene rings is 1. The highest BCUT2D eigenvalue weighted by molar-refractivity contribution is 6.30. The minimum atomic E-state index is -0.257. The van der Waals surface area contributed by atoms with Crippen molar-refractivity contribution in [3.05, 3.63) is 34.9 Å². The number of halogens is 1. The van der Waals surface area contributed by atoms with E-state index in [2.05, 4.69) is 5.32 Å². The van der Waals surface area contributed by atoms with Gasteiger partial charge in [-0.25, -0.2) is 0 Å². The number of carbonyl (C=O) groups is 2. The van der Waals surface area contributed by atoms with Crippen molar-refractivity contribution in [1.29, 1.82) is 0 Å². The number of hydrogen-bond donors (Lipinski definition) is 1. The molecule has 4 nitrogen and oxygen atoms in total. The fourth-order valence-corrected chi connectivity index (χ4v) is 2.17. The Morgan fingerprint density at radius 1 is 1.30 bits per heavy atom. The van der Waals surface area contributed by atoms with Crippen LogP contribution in [0.4, 0.5) is 0 Å². The molecule has 1 aromatic carbocycles. The Morgan fingerprint density at radius 2 is 1.95 bits per heavy atom. The molecule has 0 spiro atoms. The number of nitrogens with one attached hydrogen (secondary N) is 1. The van der Waals surface area contributed by atoms with Crippen LogP contribution in [0.1, 0.15) is 38.1 Å². The van der Waals surface area contributed by atoms with E-state index < -0.39 is 0 Å². The van der Waals surface area contributed by atoms with E-state index in [1.165, 1.54) is 6.92 Å². The van der Waals surface area contributed by atoms with Gasteiger partial charge in [0.2, 0.25) is 5.91 Å². The van der Waals surface area contributed by atoms with Crippen molar-refractivity contribution < 1.29 is 9.59 Å². The maximum absolute atomic E-state index is 11.9. The monoisotopic (exact) mass is 296 g/mol. The van der Waals surface area contributed by atoms with Gasteiger partial charge >= 0.3 is 0 Å². The molecule has 1 N–H and O–H groups in total. The van der Waals surface area contributed by atoms with Gasteiger partial charge in [0.25, 0.3) is 5.91 Å². The summed E-state index contributed by atoms with van der Waals surface area (Å²) in [5.41, 5.74) is 0.259. The van der Waals surface area contributed by atoms with E-state index >= 15 is 0 Å². The Kier molecular flexibility index (Phi) is 5.57. The average molecular weight is 297 g/mol. The number of nitrogens with zero attached hydrogens (tertiary/aromatic N) is 1. The van der Waals surface area contributed by atoms with Gasteiger partial charge in [-0.15, -0.1) is 0 Å². The molecular weight excluding hydrogens is 276 g/mol. The van der Waals surface area contributed by atoms with Gasteiger partial charge in [0, 0.05) is 36.1 Å². The molecule has 1 rings (SSSR count). The lowest BCUT2D eigenvalue weighted by molar-refractivity contribution is -0.133. The molecule has 0 saturated carbocycles. The molecule has 0 aliphatic heterocycles. The summed E-state index contributed by atoms with van der Waals surface area (Å²) in [7, 11) is 0. The Labute approximate surface area is 125 Å². The van der Waals surface area contributed by atoms with Crippen molar-refractivity contribution >= 4 is 23.4 Å². The van der Waals surface area contributed by atoms with Crippen molar-refractivity contribution in [3.8, 4) is 0 Å². The van der Waals surface area contributed by atoms with Gasteiger partial charge in [-0.05, 0) is 39.0 Å². The molecule has 0 atom stereocenters. The van der Waals surface area contributed by atoms with E-state index in [1.807, 2.05) is 20.8 Å². The van der Waals surface area contributed by atoms with E-state index in [1.54, 1.807) is 29.2 Å². The normalized spacial score (nSPS) is 11.1. The Hall–Kier alpha value is -1.55. The number of carbonyl (C=O) groups excluding carboxylic acids is 2. The SMILES string of the molecule is CC(=O)N(CCNC(=O)c1cccc(Cl)c1)C(C)(C)C.